The van der Waals surface area contributed by atoms with Crippen molar-refractivity contribution in [2.45, 2.75) is 40.2 Å². The van der Waals surface area contributed by atoms with Crippen molar-refractivity contribution in [1.29, 1.82) is 0 Å². The Balaban J connectivity index is 2.98. The van der Waals surface area contributed by atoms with Crippen molar-refractivity contribution in [3.05, 3.63) is 34.9 Å². The lowest BCUT2D eigenvalue weighted by Crippen LogP contribution is -2.36. The van der Waals surface area contributed by atoms with Gasteiger partial charge >= 0.3 is 0 Å². The van der Waals surface area contributed by atoms with Crippen molar-refractivity contribution < 1.29 is 9.90 Å². The fraction of sp³-hybridized carbons (Fsp3) is 0.471. The standard InChI is InChI=1S/C17H23NO2/c1-5-18(13(2)3)17(20)16-10-9-15(14(4)12-16)8-6-7-11-19/h9-10,12-13,19H,5,7,11H2,1-4H3. The molecule has 0 unspecified atom stereocenters. The maximum Gasteiger partial charge on any atom is 0.254 e. The van der Waals surface area contributed by atoms with Gasteiger partial charge in [0.2, 0.25) is 0 Å². The Morgan fingerprint density at radius 1 is 1.40 bits per heavy atom. The van der Waals surface area contributed by atoms with Crippen molar-refractivity contribution in [2.75, 3.05) is 13.2 Å². The Kier molecular flexibility index (Phi) is 6.27. The molecule has 1 aromatic rings. The molecule has 3 heteroatoms. The summed E-state index contributed by atoms with van der Waals surface area (Å²) >= 11 is 0. The molecule has 0 fully saturated rings. The third kappa shape index (κ3) is 4.11. The van der Waals surface area contributed by atoms with E-state index in [2.05, 4.69) is 11.8 Å². The lowest BCUT2D eigenvalue weighted by Gasteiger charge is -2.25. The van der Waals surface area contributed by atoms with E-state index in [4.69, 9.17) is 5.11 Å². The van der Waals surface area contributed by atoms with E-state index in [1.165, 1.54) is 0 Å². The van der Waals surface area contributed by atoms with Crippen molar-refractivity contribution in [3.63, 3.8) is 0 Å². The molecule has 20 heavy (non-hydrogen) atoms. The molecular weight excluding hydrogens is 250 g/mol. The fourth-order valence-corrected chi connectivity index (χ4v) is 2.06. The van der Waals surface area contributed by atoms with E-state index in [-0.39, 0.29) is 18.6 Å². The quantitative estimate of drug-likeness (QED) is 0.857. The van der Waals surface area contributed by atoms with E-state index in [1.807, 2.05) is 50.8 Å². The Morgan fingerprint density at radius 2 is 2.10 bits per heavy atom. The Hall–Kier alpha value is -1.79. The van der Waals surface area contributed by atoms with Gasteiger partial charge in [-0.3, -0.25) is 4.79 Å². The van der Waals surface area contributed by atoms with Crippen LogP contribution in [0.4, 0.5) is 0 Å². The largest absolute Gasteiger partial charge is 0.395 e. The van der Waals surface area contributed by atoms with Crippen molar-refractivity contribution in [1.82, 2.24) is 4.90 Å². The molecular formula is C17H23NO2. The second-order valence-corrected chi connectivity index (χ2v) is 4.99. The molecule has 0 aliphatic carbocycles. The molecule has 0 saturated carbocycles. The first-order valence-electron chi connectivity index (χ1n) is 7.02. The third-order valence-corrected chi connectivity index (χ3v) is 3.16. The van der Waals surface area contributed by atoms with Crippen LogP contribution in [0.2, 0.25) is 0 Å². The van der Waals surface area contributed by atoms with Gasteiger partial charge in [-0.25, -0.2) is 0 Å². The van der Waals surface area contributed by atoms with Gasteiger partial charge in [-0.1, -0.05) is 11.8 Å². The van der Waals surface area contributed by atoms with Crippen molar-refractivity contribution in [3.8, 4) is 11.8 Å². The summed E-state index contributed by atoms with van der Waals surface area (Å²) in [7, 11) is 0. The average Bonchev–Trinajstić information content (AvgIpc) is 2.41. The highest BCUT2D eigenvalue weighted by Gasteiger charge is 2.17. The monoisotopic (exact) mass is 273 g/mol. The highest BCUT2D eigenvalue weighted by atomic mass is 16.2. The second-order valence-electron chi connectivity index (χ2n) is 4.99. The zero-order valence-corrected chi connectivity index (χ0v) is 12.7. The summed E-state index contributed by atoms with van der Waals surface area (Å²) in [5, 5.41) is 8.72. The van der Waals surface area contributed by atoms with Gasteiger partial charge in [0.15, 0.2) is 0 Å². The highest BCUT2D eigenvalue weighted by Crippen LogP contribution is 2.14. The molecule has 0 bridgehead atoms. The summed E-state index contributed by atoms with van der Waals surface area (Å²) in [6.45, 7) is 8.74. The van der Waals surface area contributed by atoms with E-state index in [0.29, 0.717) is 18.5 Å². The third-order valence-electron chi connectivity index (χ3n) is 3.16. The molecule has 1 amide bonds. The SMILES string of the molecule is CCN(C(=O)c1ccc(C#CCCO)c(C)c1)C(C)C. The van der Waals surface area contributed by atoms with Crippen LogP contribution in [0.25, 0.3) is 0 Å². The van der Waals surface area contributed by atoms with Crippen molar-refractivity contribution >= 4 is 5.91 Å². The van der Waals surface area contributed by atoms with Gasteiger partial charge in [0.25, 0.3) is 5.91 Å². The summed E-state index contributed by atoms with van der Waals surface area (Å²) < 4.78 is 0. The molecule has 0 spiro atoms. The number of aliphatic hydroxyl groups excluding tert-OH is 1. The van der Waals surface area contributed by atoms with Crippen LogP contribution in [0.15, 0.2) is 18.2 Å². The molecule has 0 heterocycles. The van der Waals surface area contributed by atoms with E-state index < -0.39 is 0 Å². The fourth-order valence-electron chi connectivity index (χ4n) is 2.06. The maximum atomic E-state index is 12.4. The predicted molar refractivity (Wildman–Crippen MR) is 81.6 cm³/mol. The molecule has 3 nitrogen and oxygen atoms in total. The van der Waals surface area contributed by atoms with Crippen LogP contribution in [0.5, 0.6) is 0 Å². The number of carbonyl (C=O) groups excluding carboxylic acids is 1. The Labute approximate surface area is 121 Å². The highest BCUT2D eigenvalue weighted by molar-refractivity contribution is 5.94. The molecule has 0 atom stereocenters. The van der Waals surface area contributed by atoms with Crippen LogP contribution in [0.3, 0.4) is 0 Å². The molecule has 0 aromatic heterocycles. The number of aliphatic hydroxyl groups is 1. The summed E-state index contributed by atoms with van der Waals surface area (Å²) in [6, 6.07) is 5.78. The number of benzene rings is 1. The lowest BCUT2D eigenvalue weighted by molar-refractivity contribution is 0.0717. The number of nitrogens with zero attached hydrogens (tertiary/aromatic N) is 1. The van der Waals surface area contributed by atoms with Crippen LogP contribution >= 0.6 is 0 Å². The van der Waals surface area contributed by atoms with Crippen LogP contribution in [-0.2, 0) is 0 Å². The summed E-state index contributed by atoms with van der Waals surface area (Å²) in [5.41, 5.74) is 2.59. The number of hydrogen-bond acceptors (Lipinski definition) is 2. The molecule has 0 saturated heterocycles. The molecule has 0 aliphatic rings. The van der Waals surface area contributed by atoms with Crippen LogP contribution in [-0.4, -0.2) is 35.1 Å². The summed E-state index contributed by atoms with van der Waals surface area (Å²) in [5.74, 6) is 5.96. The first kappa shape index (κ1) is 16.3. The minimum Gasteiger partial charge on any atom is -0.395 e. The van der Waals surface area contributed by atoms with Gasteiger partial charge < -0.3 is 10.0 Å². The average molecular weight is 273 g/mol. The minimum atomic E-state index is 0.0560. The van der Waals surface area contributed by atoms with Gasteiger partial charge in [0.1, 0.15) is 0 Å². The van der Waals surface area contributed by atoms with E-state index in [0.717, 1.165) is 11.1 Å². The lowest BCUT2D eigenvalue weighted by atomic mass is 10.0. The number of hydrogen-bond donors (Lipinski definition) is 1. The second kappa shape index (κ2) is 7.72. The van der Waals surface area contributed by atoms with Gasteiger partial charge in [-0.15, -0.1) is 0 Å². The van der Waals surface area contributed by atoms with Crippen LogP contribution < -0.4 is 0 Å². The maximum absolute atomic E-state index is 12.4. The zero-order valence-electron chi connectivity index (χ0n) is 12.7. The van der Waals surface area contributed by atoms with Crippen molar-refractivity contribution in [2.24, 2.45) is 0 Å². The number of rotatable bonds is 4. The first-order valence-corrected chi connectivity index (χ1v) is 7.02. The minimum absolute atomic E-state index is 0.0560. The summed E-state index contributed by atoms with van der Waals surface area (Å²) in [6.07, 6.45) is 0.469. The molecule has 108 valence electrons. The Morgan fingerprint density at radius 3 is 2.60 bits per heavy atom. The zero-order chi connectivity index (χ0) is 15.1. The van der Waals surface area contributed by atoms with E-state index in [9.17, 15) is 4.79 Å². The Bertz CT molecular complexity index is 524. The molecule has 1 N–H and O–H groups in total. The first-order chi connectivity index (χ1) is 9.51. The predicted octanol–water partition coefficient (Wildman–Crippen LogP) is 2.60. The molecule has 0 radical (unpaired) electrons. The molecule has 0 aliphatic heterocycles. The van der Waals surface area contributed by atoms with E-state index >= 15 is 0 Å². The number of carbonyl (C=O) groups is 1. The van der Waals surface area contributed by atoms with Gasteiger partial charge in [-0.05, 0) is 51.5 Å². The van der Waals surface area contributed by atoms with Crippen LogP contribution in [0, 0.1) is 18.8 Å². The van der Waals surface area contributed by atoms with Gasteiger partial charge in [0, 0.05) is 30.1 Å². The summed E-state index contributed by atoms with van der Waals surface area (Å²) in [4.78, 5) is 14.2. The number of aryl methyl sites for hydroxylation is 1. The number of amides is 1. The molecule has 1 rings (SSSR count). The normalized spacial score (nSPS) is 10.1. The van der Waals surface area contributed by atoms with Gasteiger partial charge in [-0.2, -0.15) is 0 Å². The smallest absolute Gasteiger partial charge is 0.254 e. The topological polar surface area (TPSA) is 40.5 Å². The van der Waals surface area contributed by atoms with Gasteiger partial charge in [0.05, 0.1) is 6.61 Å². The van der Waals surface area contributed by atoms with Crippen LogP contribution in [0.1, 0.15) is 48.7 Å². The molecule has 1 aromatic carbocycles. The van der Waals surface area contributed by atoms with E-state index in [1.54, 1.807) is 0 Å².